The van der Waals surface area contributed by atoms with E-state index in [4.69, 9.17) is 30.5 Å². The second kappa shape index (κ2) is 12.2. The van der Waals surface area contributed by atoms with Gasteiger partial charge in [-0.15, -0.1) is 0 Å². The van der Waals surface area contributed by atoms with E-state index in [0.717, 1.165) is 11.3 Å². The van der Waals surface area contributed by atoms with E-state index in [1.165, 1.54) is 44.8 Å². The van der Waals surface area contributed by atoms with Crippen molar-refractivity contribution in [3.63, 3.8) is 0 Å². The Hall–Kier alpha value is -3.77. The van der Waals surface area contributed by atoms with Crippen molar-refractivity contribution in [3.05, 3.63) is 94.1 Å². The van der Waals surface area contributed by atoms with Crippen molar-refractivity contribution in [2.75, 3.05) is 20.3 Å². The number of hydrogen-bond acceptors (Lipinski definition) is 6. The number of aliphatic imine (C=N–C) groups is 1. The fourth-order valence-electron chi connectivity index (χ4n) is 4.81. The van der Waals surface area contributed by atoms with E-state index in [9.17, 15) is 4.79 Å². The lowest BCUT2D eigenvalue weighted by molar-refractivity contribution is -0.129. The normalized spacial score (nSPS) is 16.7. The Labute approximate surface area is 227 Å². The minimum absolute atomic E-state index is 0.179. The van der Waals surface area contributed by atoms with E-state index in [1.807, 2.05) is 42.5 Å². The fourth-order valence-corrected chi connectivity index (χ4v) is 5.08. The Kier molecular flexibility index (Phi) is 8.29. The second-order valence-electron chi connectivity index (χ2n) is 9.34. The molecule has 0 aromatic heterocycles. The van der Waals surface area contributed by atoms with E-state index in [2.05, 4.69) is 17.1 Å². The molecule has 38 heavy (non-hydrogen) atoms. The molecule has 0 saturated heterocycles. The van der Waals surface area contributed by atoms with Gasteiger partial charge in [0.2, 0.25) is 5.90 Å². The number of nitrogens with zero attached hydrogens (tertiary/aromatic N) is 1. The minimum Gasteiger partial charge on any atom is -0.493 e. The Balaban J connectivity index is 1.20. The van der Waals surface area contributed by atoms with Crippen molar-refractivity contribution in [2.24, 2.45) is 4.99 Å². The largest absolute Gasteiger partial charge is 0.493 e. The molecule has 0 unspecified atom stereocenters. The minimum atomic E-state index is -0.525. The molecular formula is C31H30ClNO5. The zero-order valence-corrected chi connectivity index (χ0v) is 22.1. The number of hydrogen-bond donors (Lipinski definition) is 0. The van der Waals surface area contributed by atoms with Gasteiger partial charge in [0.25, 0.3) is 0 Å². The van der Waals surface area contributed by atoms with Crippen molar-refractivity contribution in [1.82, 2.24) is 0 Å². The molecule has 0 atom stereocenters. The molecule has 1 heterocycles. The highest BCUT2D eigenvalue weighted by atomic mass is 35.5. The van der Waals surface area contributed by atoms with Gasteiger partial charge in [0.1, 0.15) is 19.0 Å². The van der Waals surface area contributed by atoms with Crippen molar-refractivity contribution < 1.29 is 23.7 Å². The van der Waals surface area contributed by atoms with E-state index in [1.54, 1.807) is 18.2 Å². The van der Waals surface area contributed by atoms with Crippen LogP contribution >= 0.6 is 11.6 Å². The number of benzene rings is 3. The summed E-state index contributed by atoms with van der Waals surface area (Å²) in [6.07, 6.45) is 8.15. The highest BCUT2D eigenvalue weighted by Crippen LogP contribution is 2.37. The van der Waals surface area contributed by atoms with Crippen LogP contribution in [-0.2, 0) is 9.53 Å². The maximum atomic E-state index is 12.4. The monoisotopic (exact) mass is 531 g/mol. The quantitative estimate of drug-likeness (QED) is 0.166. The molecule has 3 aromatic carbocycles. The topological polar surface area (TPSA) is 66.4 Å². The molecule has 3 aromatic rings. The smallest absolute Gasteiger partial charge is 0.363 e. The number of carbonyl (C=O) groups is 1. The van der Waals surface area contributed by atoms with Gasteiger partial charge < -0.3 is 18.9 Å². The SMILES string of the molecule is COc1cc(C=C2N=C(c3ccccc3)OC2=O)cc(Cl)c1OCCOc1ccc(C2CCCCC2)cc1. The van der Waals surface area contributed by atoms with Gasteiger partial charge in [-0.2, -0.15) is 0 Å². The molecule has 1 fully saturated rings. The second-order valence-corrected chi connectivity index (χ2v) is 9.74. The lowest BCUT2D eigenvalue weighted by atomic mass is 9.84. The Bertz CT molecular complexity index is 1330. The average molecular weight is 532 g/mol. The molecule has 1 aliphatic heterocycles. The molecule has 7 heteroatoms. The number of rotatable bonds is 9. The third kappa shape index (κ3) is 6.20. The molecule has 2 aliphatic rings. The maximum absolute atomic E-state index is 12.4. The highest BCUT2D eigenvalue weighted by molar-refractivity contribution is 6.32. The van der Waals surface area contributed by atoms with E-state index in [-0.39, 0.29) is 18.2 Å². The molecule has 0 N–H and O–H groups in total. The first kappa shape index (κ1) is 25.9. The van der Waals surface area contributed by atoms with Gasteiger partial charge in [-0.1, -0.05) is 61.2 Å². The molecule has 0 spiro atoms. The van der Waals surface area contributed by atoms with Crippen molar-refractivity contribution in [3.8, 4) is 17.2 Å². The van der Waals surface area contributed by atoms with Crippen LogP contribution in [0, 0.1) is 0 Å². The lowest BCUT2D eigenvalue weighted by Gasteiger charge is -2.22. The Morgan fingerprint density at radius 3 is 2.45 bits per heavy atom. The first-order valence-corrected chi connectivity index (χ1v) is 13.3. The molecule has 6 nitrogen and oxygen atoms in total. The molecule has 1 saturated carbocycles. The number of halogens is 1. The standard InChI is InChI=1S/C31H30ClNO5/c1-35-28-20-21(19-27-31(34)38-30(33-27)24-10-6-3-7-11-24)18-26(32)29(28)37-17-16-36-25-14-12-23(13-15-25)22-8-4-2-5-9-22/h3,6-7,10-15,18-20,22H,2,4-5,8-9,16-17H2,1H3. The Morgan fingerprint density at radius 1 is 0.974 bits per heavy atom. The molecule has 1 aliphatic carbocycles. The van der Waals surface area contributed by atoms with Gasteiger partial charge in [-0.3, -0.25) is 0 Å². The Morgan fingerprint density at radius 2 is 1.71 bits per heavy atom. The van der Waals surface area contributed by atoms with Gasteiger partial charge in [0.05, 0.1) is 12.1 Å². The first-order chi connectivity index (χ1) is 18.6. The lowest BCUT2D eigenvalue weighted by Crippen LogP contribution is -2.10. The van der Waals surface area contributed by atoms with Gasteiger partial charge in [-0.25, -0.2) is 9.79 Å². The number of carbonyl (C=O) groups excluding carboxylic acids is 1. The van der Waals surface area contributed by atoms with Gasteiger partial charge >= 0.3 is 5.97 Å². The van der Waals surface area contributed by atoms with E-state index < -0.39 is 5.97 Å². The summed E-state index contributed by atoms with van der Waals surface area (Å²) in [5.74, 6) is 2.08. The van der Waals surface area contributed by atoms with Crippen molar-refractivity contribution >= 4 is 29.5 Å². The predicted molar refractivity (Wildman–Crippen MR) is 148 cm³/mol. The third-order valence-electron chi connectivity index (χ3n) is 6.75. The van der Waals surface area contributed by atoms with Crippen LogP contribution in [0.3, 0.4) is 0 Å². The van der Waals surface area contributed by atoms with Crippen LogP contribution in [0.1, 0.15) is 54.7 Å². The molecule has 0 radical (unpaired) electrons. The van der Waals surface area contributed by atoms with Crippen LogP contribution in [0.15, 0.2) is 77.4 Å². The first-order valence-electron chi connectivity index (χ1n) is 12.9. The molecule has 196 valence electrons. The molecule has 5 rings (SSSR count). The number of methoxy groups -OCH3 is 1. The summed E-state index contributed by atoms with van der Waals surface area (Å²) in [7, 11) is 1.54. The molecular weight excluding hydrogens is 502 g/mol. The van der Waals surface area contributed by atoms with Gasteiger partial charge in [0.15, 0.2) is 17.2 Å². The highest BCUT2D eigenvalue weighted by Gasteiger charge is 2.24. The molecule has 0 bridgehead atoms. The van der Waals surface area contributed by atoms with Crippen LogP contribution in [-0.4, -0.2) is 32.2 Å². The molecule has 0 amide bonds. The van der Waals surface area contributed by atoms with Crippen LogP contribution in [0.4, 0.5) is 0 Å². The van der Waals surface area contributed by atoms with Gasteiger partial charge in [-0.05, 0) is 72.4 Å². The number of ether oxygens (including phenoxy) is 4. The summed E-state index contributed by atoms with van der Waals surface area (Å²) in [5.41, 5.74) is 2.94. The summed E-state index contributed by atoms with van der Waals surface area (Å²) < 4.78 is 22.6. The summed E-state index contributed by atoms with van der Waals surface area (Å²) >= 11 is 6.52. The number of cyclic esters (lactones) is 1. The van der Waals surface area contributed by atoms with E-state index >= 15 is 0 Å². The fraction of sp³-hybridized carbons (Fsp3) is 0.290. The number of esters is 1. The van der Waals surface area contributed by atoms with Crippen LogP contribution in [0.5, 0.6) is 17.2 Å². The van der Waals surface area contributed by atoms with Crippen LogP contribution in [0.2, 0.25) is 5.02 Å². The predicted octanol–water partition coefficient (Wildman–Crippen LogP) is 7.20. The van der Waals surface area contributed by atoms with E-state index in [0.29, 0.717) is 34.6 Å². The zero-order chi connectivity index (χ0) is 26.3. The maximum Gasteiger partial charge on any atom is 0.363 e. The summed E-state index contributed by atoms with van der Waals surface area (Å²) in [5, 5.41) is 0.353. The van der Waals surface area contributed by atoms with Crippen molar-refractivity contribution in [1.29, 1.82) is 0 Å². The van der Waals surface area contributed by atoms with Crippen LogP contribution < -0.4 is 14.2 Å². The average Bonchev–Trinajstić information content (AvgIpc) is 3.32. The third-order valence-corrected chi connectivity index (χ3v) is 7.03. The summed E-state index contributed by atoms with van der Waals surface area (Å²) in [6.45, 7) is 0.648. The summed E-state index contributed by atoms with van der Waals surface area (Å²) in [6, 6.07) is 21.1. The zero-order valence-electron chi connectivity index (χ0n) is 21.3. The van der Waals surface area contributed by atoms with Crippen LogP contribution in [0.25, 0.3) is 6.08 Å². The van der Waals surface area contributed by atoms with Gasteiger partial charge in [0, 0.05) is 5.56 Å². The van der Waals surface area contributed by atoms with Crippen molar-refractivity contribution in [2.45, 2.75) is 38.0 Å². The summed E-state index contributed by atoms with van der Waals surface area (Å²) in [4.78, 5) is 16.7.